The van der Waals surface area contributed by atoms with E-state index in [0.29, 0.717) is 17.8 Å². The van der Waals surface area contributed by atoms with E-state index in [4.69, 9.17) is 0 Å². The molecule has 1 aliphatic carbocycles. The van der Waals surface area contributed by atoms with Crippen molar-refractivity contribution in [3.8, 4) is 0 Å². The molecule has 0 atom stereocenters. The molecule has 1 aromatic heterocycles. The summed E-state index contributed by atoms with van der Waals surface area (Å²) in [6.07, 6.45) is 9.43. The van der Waals surface area contributed by atoms with Crippen molar-refractivity contribution < 1.29 is 9.59 Å². The van der Waals surface area contributed by atoms with Gasteiger partial charge in [-0.15, -0.1) is 0 Å². The average molecular weight is 393 g/mol. The van der Waals surface area contributed by atoms with Crippen molar-refractivity contribution in [3.05, 3.63) is 65.5 Å². The van der Waals surface area contributed by atoms with Crippen molar-refractivity contribution in [1.29, 1.82) is 0 Å². The third-order valence-electron chi connectivity index (χ3n) is 5.01. The molecule has 0 saturated heterocycles. The maximum atomic E-state index is 12.5. The summed E-state index contributed by atoms with van der Waals surface area (Å²) in [5.41, 5.74) is 3.79. The largest absolute Gasteiger partial charge is 0.378 e. The third-order valence-corrected chi connectivity index (χ3v) is 5.01. The second-order valence-electron chi connectivity index (χ2n) is 7.44. The molecule has 1 aliphatic rings. The predicted octanol–water partition coefficient (Wildman–Crippen LogP) is 4.02. The number of hydrogen-bond donors (Lipinski definition) is 2. The molecule has 0 radical (unpaired) electrons. The lowest BCUT2D eigenvalue weighted by molar-refractivity contribution is 0.0954. The van der Waals surface area contributed by atoms with E-state index in [9.17, 15) is 9.59 Å². The van der Waals surface area contributed by atoms with E-state index in [1.807, 2.05) is 43.3 Å². The van der Waals surface area contributed by atoms with Gasteiger partial charge in [-0.25, -0.2) is 0 Å². The van der Waals surface area contributed by atoms with Gasteiger partial charge in [-0.3, -0.25) is 14.6 Å². The molecule has 3 rings (SSSR count). The van der Waals surface area contributed by atoms with Crippen LogP contribution in [-0.2, 0) is 0 Å². The van der Waals surface area contributed by atoms with Gasteiger partial charge in [-0.1, -0.05) is 11.6 Å². The van der Waals surface area contributed by atoms with Crippen LogP contribution in [0.1, 0.15) is 53.0 Å². The Morgan fingerprint density at radius 1 is 1.07 bits per heavy atom. The Bertz CT molecular complexity index is 888. The van der Waals surface area contributed by atoms with Crippen molar-refractivity contribution in [2.45, 2.75) is 32.1 Å². The molecule has 6 heteroatoms. The number of pyridine rings is 1. The molecule has 29 heavy (non-hydrogen) atoms. The van der Waals surface area contributed by atoms with Crippen molar-refractivity contribution in [1.82, 2.24) is 10.3 Å². The Morgan fingerprint density at radius 3 is 2.55 bits per heavy atom. The van der Waals surface area contributed by atoms with Gasteiger partial charge in [0.1, 0.15) is 5.69 Å². The number of nitrogens with one attached hydrogen (secondary N) is 2. The highest BCUT2D eigenvalue weighted by Gasteiger charge is 2.13. The minimum Gasteiger partial charge on any atom is -0.378 e. The highest BCUT2D eigenvalue weighted by molar-refractivity contribution is 6.04. The first-order chi connectivity index (χ1) is 14.0. The molecule has 0 unspecified atom stereocenters. The number of carbonyl (C=O) groups excluding carboxylic acids is 2. The van der Waals surface area contributed by atoms with Gasteiger partial charge in [0.2, 0.25) is 0 Å². The van der Waals surface area contributed by atoms with Crippen molar-refractivity contribution >= 4 is 23.2 Å². The Morgan fingerprint density at radius 2 is 1.86 bits per heavy atom. The molecule has 0 fully saturated rings. The summed E-state index contributed by atoms with van der Waals surface area (Å²) >= 11 is 0. The van der Waals surface area contributed by atoms with Crippen LogP contribution in [0.15, 0.2) is 54.2 Å². The molecule has 2 aromatic rings. The topological polar surface area (TPSA) is 74.3 Å². The number of aromatic nitrogens is 1. The molecule has 0 spiro atoms. The normalized spacial score (nSPS) is 13.4. The highest BCUT2D eigenvalue weighted by Crippen LogP contribution is 2.19. The molecular formula is C23H28N4O2. The quantitative estimate of drug-likeness (QED) is 0.698. The molecule has 1 aromatic carbocycles. The molecule has 2 N–H and O–H groups in total. The summed E-state index contributed by atoms with van der Waals surface area (Å²) in [6.45, 7) is 0.604. The Hall–Kier alpha value is -3.15. The molecule has 152 valence electrons. The summed E-state index contributed by atoms with van der Waals surface area (Å²) in [5, 5.41) is 5.75. The van der Waals surface area contributed by atoms with Crippen molar-refractivity contribution in [2.24, 2.45) is 0 Å². The smallest absolute Gasteiger partial charge is 0.274 e. The Labute approximate surface area is 172 Å². The minimum atomic E-state index is -0.343. The fourth-order valence-electron chi connectivity index (χ4n) is 3.30. The van der Waals surface area contributed by atoms with Crippen LogP contribution in [0, 0.1) is 0 Å². The van der Waals surface area contributed by atoms with E-state index in [1.165, 1.54) is 30.7 Å². The minimum absolute atomic E-state index is 0.187. The van der Waals surface area contributed by atoms with E-state index in [-0.39, 0.29) is 17.5 Å². The SMILES string of the molecule is CN(C)c1ccc(NC(=O)c2cc(C(=O)NCCC3=CCCCC3)ccn2)cc1. The number of anilines is 2. The number of benzene rings is 1. The summed E-state index contributed by atoms with van der Waals surface area (Å²) in [6, 6.07) is 10.7. The van der Waals surface area contributed by atoms with Gasteiger partial charge >= 0.3 is 0 Å². The molecule has 1 heterocycles. The van der Waals surface area contributed by atoms with Gasteiger partial charge in [0.15, 0.2) is 0 Å². The zero-order chi connectivity index (χ0) is 20.6. The summed E-state index contributed by atoms with van der Waals surface area (Å²) < 4.78 is 0. The fraction of sp³-hybridized carbons (Fsp3) is 0.348. The zero-order valence-electron chi connectivity index (χ0n) is 17.1. The number of hydrogen-bond acceptors (Lipinski definition) is 4. The van der Waals surface area contributed by atoms with Crippen molar-refractivity contribution in [3.63, 3.8) is 0 Å². The second-order valence-corrected chi connectivity index (χ2v) is 7.44. The number of nitrogens with zero attached hydrogens (tertiary/aromatic N) is 2. The van der Waals surface area contributed by atoms with Crippen LogP contribution in [0.25, 0.3) is 0 Å². The van der Waals surface area contributed by atoms with Crippen LogP contribution in [0.4, 0.5) is 11.4 Å². The van der Waals surface area contributed by atoms with Crippen LogP contribution in [-0.4, -0.2) is 37.4 Å². The molecule has 0 bridgehead atoms. The van der Waals surface area contributed by atoms with E-state index in [0.717, 1.165) is 24.9 Å². The first-order valence-electron chi connectivity index (χ1n) is 10.0. The maximum absolute atomic E-state index is 12.5. The van der Waals surface area contributed by atoms with Crippen LogP contribution in [0.3, 0.4) is 0 Å². The number of allylic oxidation sites excluding steroid dienone is 1. The lowest BCUT2D eigenvalue weighted by atomic mass is 9.97. The van der Waals surface area contributed by atoms with Crippen LogP contribution in [0.2, 0.25) is 0 Å². The lowest BCUT2D eigenvalue weighted by Crippen LogP contribution is -2.25. The summed E-state index contributed by atoms with van der Waals surface area (Å²) in [5.74, 6) is -0.530. The summed E-state index contributed by atoms with van der Waals surface area (Å²) in [7, 11) is 3.92. The standard InChI is InChI=1S/C23H28N4O2/c1-27(2)20-10-8-19(9-11-20)26-23(29)21-16-18(13-15-24-21)22(28)25-14-12-17-6-4-3-5-7-17/h6,8-11,13,15-16H,3-5,7,12,14H2,1-2H3,(H,25,28)(H,26,29). The maximum Gasteiger partial charge on any atom is 0.274 e. The van der Waals surface area contributed by atoms with Crippen molar-refractivity contribution in [2.75, 3.05) is 30.9 Å². The number of amides is 2. The molecular weight excluding hydrogens is 364 g/mol. The van der Waals surface area contributed by atoms with Gasteiger partial charge in [0, 0.05) is 43.8 Å². The predicted molar refractivity (Wildman–Crippen MR) is 116 cm³/mol. The van der Waals surface area contributed by atoms with Gasteiger partial charge in [-0.2, -0.15) is 0 Å². The van der Waals surface area contributed by atoms with Gasteiger partial charge in [-0.05, 0) is 68.5 Å². The fourth-order valence-corrected chi connectivity index (χ4v) is 3.30. The first kappa shape index (κ1) is 20.6. The van der Waals surface area contributed by atoms with E-state index >= 15 is 0 Å². The third kappa shape index (κ3) is 5.91. The van der Waals surface area contributed by atoms with Crippen LogP contribution >= 0.6 is 0 Å². The summed E-state index contributed by atoms with van der Waals surface area (Å²) in [4.78, 5) is 31.0. The zero-order valence-corrected chi connectivity index (χ0v) is 17.1. The second kappa shape index (κ2) is 9.87. The number of carbonyl (C=O) groups is 2. The molecule has 6 nitrogen and oxygen atoms in total. The van der Waals surface area contributed by atoms with Gasteiger partial charge in [0.05, 0.1) is 0 Å². The van der Waals surface area contributed by atoms with Gasteiger partial charge < -0.3 is 15.5 Å². The van der Waals surface area contributed by atoms with E-state index in [1.54, 1.807) is 6.07 Å². The average Bonchev–Trinajstić information content (AvgIpc) is 2.75. The van der Waals surface area contributed by atoms with Gasteiger partial charge in [0.25, 0.3) is 11.8 Å². The molecule has 0 saturated carbocycles. The number of rotatable bonds is 7. The van der Waals surface area contributed by atoms with E-state index in [2.05, 4.69) is 21.7 Å². The first-order valence-corrected chi connectivity index (χ1v) is 10.0. The monoisotopic (exact) mass is 392 g/mol. The molecule has 2 amide bonds. The molecule has 0 aliphatic heterocycles. The lowest BCUT2D eigenvalue weighted by Gasteiger charge is -2.13. The highest BCUT2D eigenvalue weighted by atomic mass is 16.2. The van der Waals surface area contributed by atoms with E-state index < -0.39 is 0 Å². The van der Waals surface area contributed by atoms with Crippen LogP contribution < -0.4 is 15.5 Å². The Balaban J connectivity index is 1.56. The Kier molecular flexibility index (Phi) is 7.00. The van der Waals surface area contributed by atoms with Crippen LogP contribution in [0.5, 0.6) is 0 Å².